The first-order valence-electron chi connectivity index (χ1n) is 8.63. The Labute approximate surface area is 160 Å². The molecule has 1 aliphatic heterocycles. The first kappa shape index (κ1) is 19.3. The zero-order valence-corrected chi connectivity index (χ0v) is 15.0. The number of hydrogen-bond acceptors (Lipinski definition) is 6. The molecule has 2 heterocycles. The van der Waals surface area contributed by atoms with E-state index in [-0.39, 0.29) is 37.7 Å². The second kappa shape index (κ2) is 7.65. The van der Waals surface area contributed by atoms with Gasteiger partial charge in [0.25, 0.3) is 5.91 Å². The summed E-state index contributed by atoms with van der Waals surface area (Å²) in [6.07, 6.45) is -0.315. The number of aromatic nitrogens is 1. The maximum atomic E-state index is 12.7. The number of amides is 2. The first-order chi connectivity index (χ1) is 13.3. The number of fused-ring (bicyclic) bond motifs is 1. The predicted molar refractivity (Wildman–Crippen MR) is 99.7 cm³/mol. The average molecular weight is 384 g/mol. The number of anilines is 1. The molecule has 0 radical (unpaired) electrons. The quantitative estimate of drug-likeness (QED) is 0.540. The van der Waals surface area contributed by atoms with Crippen LogP contribution in [-0.4, -0.2) is 43.9 Å². The third-order valence-electron chi connectivity index (χ3n) is 4.66. The number of carboxylic acid groups (broad SMARTS) is 1. The molecule has 1 aliphatic rings. The molecule has 0 saturated carbocycles. The van der Waals surface area contributed by atoms with Crippen LogP contribution < -0.4 is 11.5 Å². The van der Waals surface area contributed by atoms with E-state index >= 15 is 0 Å². The van der Waals surface area contributed by atoms with Gasteiger partial charge in [-0.2, -0.15) is 0 Å². The van der Waals surface area contributed by atoms with E-state index in [1.54, 1.807) is 30.3 Å². The van der Waals surface area contributed by atoms with Crippen LogP contribution in [0, 0.1) is 0 Å². The number of pyridine rings is 1. The Morgan fingerprint density at radius 2 is 2.00 bits per heavy atom. The summed E-state index contributed by atoms with van der Waals surface area (Å²) in [6, 6.07) is 7.39. The molecular weight excluding hydrogens is 364 g/mol. The molecule has 3 rings (SSSR count). The number of benzene rings is 1. The molecule has 6 N–H and O–H groups in total. The molecule has 146 valence electrons. The number of aliphatic carboxylic acids is 1. The molecule has 1 aromatic carbocycles. The van der Waals surface area contributed by atoms with Crippen molar-refractivity contribution in [3.05, 3.63) is 47.0 Å². The van der Waals surface area contributed by atoms with E-state index in [0.717, 1.165) is 0 Å². The highest BCUT2D eigenvalue weighted by Crippen LogP contribution is 2.30. The number of carbonyl (C=O) groups is 3. The fourth-order valence-electron chi connectivity index (χ4n) is 3.32. The Morgan fingerprint density at radius 3 is 2.64 bits per heavy atom. The molecule has 0 fully saturated rings. The summed E-state index contributed by atoms with van der Waals surface area (Å²) in [6.45, 7) is -0.0365. The molecule has 1 atom stereocenters. The second-order valence-electron chi connectivity index (χ2n) is 6.60. The number of hydrogen-bond donors (Lipinski definition) is 4. The van der Waals surface area contributed by atoms with E-state index < -0.39 is 17.9 Å². The fraction of sp³-hybridized carbons (Fsp3) is 0.263. The molecule has 1 unspecified atom stereocenters. The van der Waals surface area contributed by atoms with Gasteiger partial charge in [0, 0.05) is 24.1 Å². The Kier molecular flexibility index (Phi) is 5.27. The molecule has 9 heteroatoms. The molecule has 0 bridgehead atoms. The Morgan fingerprint density at radius 1 is 1.25 bits per heavy atom. The zero-order chi connectivity index (χ0) is 20.4. The van der Waals surface area contributed by atoms with Crippen molar-refractivity contribution in [3.8, 4) is 11.3 Å². The summed E-state index contributed by atoms with van der Waals surface area (Å²) in [5.41, 5.74) is 14.1. The number of nitrogens with zero attached hydrogens (tertiary/aromatic N) is 2. The van der Waals surface area contributed by atoms with Gasteiger partial charge in [-0.05, 0) is 41.8 Å². The molecule has 1 aromatic heterocycles. The number of carbonyl (C=O) groups excluding carboxylic acids is 2. The van der Waals surface area contributed by atoms with Crippen LogP contribution >= 0.6 is 0 Å². The van der Waals surface area contributed by atoms with Gasteiger partial charge in [-0.3, -0.25) is 14.4 Å². The van der Waals surface area contributed by atoms with Gasteiger partial charge in [0.1, 0.15) is 11.9 Å². The van der Waals surface area contributed by atoms with Crippen molar-refractivity contribution in [2.75, 3.05) is 5.73 Å². The first-order valence-corrected chi connectivity index (χ1v) is 8.63. The van der Waals surface area contributed by atoms with Gasteiger partial charge >= 0.3 is 5.97 Å². The van der Waals surface area contributed by atoms with E-state index in [0.29, 0.717) is 27.9 Å². The van der Waals surface area contributed by atoms with Crippen molar-refractivity contribution in [1.82, 2.24) is 9.88 Å². The van der Waals surface area contributed by atoms with Crippen LogP contribution in [0.2, 0.25) is 0 Å². The van der Waals surface area contributed by atoms with E-state index in [2.05, 4.69) is 4.98 Å². The third-order valence-corrected chi connectivity index (χ3v) is 4.66. The van der Waals surface area contributed by atoms with Crippen molar-refractivity contribution >= 4 is 23.6 Å². The van der Waals surface area contributed by atoms with Crippen molar-refractivity contribution in [2.45, 2.75) is 32.0 Å². The van der Waals surface area contributed by atoms with Crippen LogP contribution in [-0.2, 0) is 22.7 Å². The Hall–Kier alpha value is -3.46. The predicted octanol–water partition coefficient (Wildman–Crippen LogP) is 0.498. The maximum absolute atomic E-state index is 12.7. The summed E-state index contributed by atoms with van der Waals surface area (Å²) in [4.78, 5) is 40.9. The van der Waals surface area contributed by atoms with Gasteiger partial charge in [0.05, 0.1) is 12.3 Å². The minimum Gasteiger partial charge on any atom is -0.481 e. The number of aliphatic hydroxyl groups excluding tert-OH is 1. The van der Waals surface area contributed by atoms with E-state index in [4.69, 9.17) is 16.6 Å². The van der Waals surface area contributed by atoms with Gasteiger partial charge in [-0.25, -0.2) is 4.98 Å². The van der Waals surface area contributed by atoms with Gasteiger partial charge in [-0.15, -0.1) is 0 Å². The number of aliphatic hydroxyl groups is 1. The molecule has 0 aliphatic carbocycles. The number of rotatable bonds is 7. The van der Waals surface area contributed by atoms with Gasteiger partial charge in [0.2, 0.25) is 5.91 Å². The lowest BCUT2D eigenvalue weighted by molar-refractivity contribution is -0.137. The van der Waals surface area contributed by atoms with Gasteiger partial charge in [-0.1, -0.05) is 6.07 Å². The second-order valence-corrected chi connectivity index (χ2v) is 6.60. The SMILES string of the molecule is NC(=O)C(CCC(=O)O)N1Cc2cc(-c3cc(CO)cc(N)n3)ccc2C1=O. The maximum Gasteiger partial charge on any atom is 0.303 e. The van der Waals surface area contributed by atoms with Gasteiger partial charge < -0.3 is 26.6 Å². The van der Waals surface area contributed by atoms with E-state index in [1.807, 2.05) is 0 Å². The Bertz CT molecular complexity index is 959. The van der Waals surface area contributed by atoms with Crippen LogP contribution in [0.1, 0.15) is 34.3 Å². The fourth-order valence-corrected chi connectivity index (χ4v) is 3.32. The largest absolute Gasteiger partial charge is 0.481 e. The smallest absolute Gasteiger partial charge is 0.303 e. The monoisotopic (exact) mass is 384 g/mol. The van der Waals surface area contributed by atoms with Crippen molar-refractivity contribution in [3.63, 3.8) is 0 Å². The summed E-state index contributed by atoms with van der Waals surface area (Å²) in [5, 5.41) is 18.2. The van der Waals surface area contributed by atoms with Crippen molar-refractivity contribution in [1.29, 1.82) is 0 Å². The van der Waals surface area contributed by atoms with Crippen LogP contribution in [0.25, 0.3) is 11.3 Å². The molecule has 0 saturated heterocycles. The Balaban J connectivity index is 1.90. The molecular formula is C19H20N4O5. The average Bonchev–Trinajstić information content (AvgIpc) is 2.96. The number of nitrogen functional groups attached to an aromatic ring is 1. The summed E-state index contributed by atoms with van der Waals surface area (Å²) in [7, 11) is 0. The van der Waals surface area contributed by atoms with E-state index in [9.17, 15) is 19.5 Å². The summed E-state index contributed by atoms with van der Waals surface area (Å²) < 4.78 is 0. The van der Waals surface area contributed by atoms with Gasteiger partial charge in [0.15, 0.2) is 0 Å². The molecule has 2 amide bonds. The number of primary amides is 1. The lowest BCUT2D eigenvalue weighted by Gasteiger charge is -2.24. The molecule has 28 heavy (non-hydrogen) atoms. The minimum atomic E-state index is -1.06. The molecule has 2 aromatic rings. The number of carboxylic acids is 1. The molecule has 0 spiro atoms. The molecule has 9 nitrogen and oxygen atoms in total. The lowest BCUT2D eigenvalue weighted by Crippen LogP contribution is -2.45. The number of nitrogens with two attached hydrogens (primary N) is 2. The van der Waals surface area contributed by atoms with Crippen molar-refractivity contribution < 1.29 is 24.6 Å². The van der Waals surface area contributed by atoms with Crippen LogP contribution in [0.15, 0.2) is 30.3 Å². The topological polar surface area (TPSA) is 160 Å². The van der Waals surface area contributed by atoms with Crippen LogP contribution in [0.5, 0.6) is 0 Å². The zero-order valence-electron chi connectivity index (χ0n) is 15.0. The summed E-state index contributed by atoms with van der Waals surface area (Å²) >= 11 is 0. The highest BCUT2D eigenvalue weighted by atomic mass is 16.4. The highest BCUT2D eigenvalue weighted by Gasteiger charge is 2.35. The van der Waals surface area contributed by atoms with Crippen molar-refractivity contribution in [2.24, 2.45) is 5.73 Å². The highest BCUT2D eigenvalue weighted by molar-refractivity contribution is 6.01. The van der Waals surface area contributed by atoms with E-state index in [1.165, 1.54) is 4.90 Å². The van der Waals surface area contributed by atoms with Crippen LogP contribution in [0.3, 0.4) is 0 Å². The minimum absolute atomic E-state index is 0.0477. The standard InChI is InChI=1S/C19H20N4O5/c20-16-6-10(9-24)5-14(22-16)11-1-2-13-12(7-11)8-23(19(13)28)15(18(21)27)3-4-17(25)26/h1-2,5-7,15,24H,3-4,8-9H2,(H2,20,22)(H2,21,27)(H,25,26). The lowest BCUT2D eigenvalue weighted by atomic mass is 10.0. The summed E-state index contributed by atoms with van der Waals surface area (Å²) in [5.74, 6) is -1.91. The normalized spacial score (nSPS) is 14.0. The third kappa shape index (κ3) is 3.79. The van der Waals surface area contributed by atoms with Crippen LogP contribution in [0.4, 0.5) is 5.82 Å².